The molecule has 0 unspecified atom stereocenters. The molecule has 0 bridgehead atoms. The van der Waals surface area contributed by atoms with E-state index in [1.807, 2.05) is 13.0 Å². The molecule has 2 N–H and O–H groups in total. The molecule has 104 valence electrons. The summed E-state index contributed by atoms with van der Waals surface area (Å²) in [5, 5.41) is 0. The first-order valence-electron chi connectivity index (χ1n) is 6.42. The smallest absolute Gasteiger partial charge is 0.259 e. The van der Waals surface area contributed by atoms with E-state index in [0.29, 0.717) is 18.7 Å². The summed E-state index contributed by atoms with van der Waals surface area (Å²) >= 11 is 0. The zero-order valence-electron chi connectivity index (χ0n) is 11.3. The molecular formula is C15H16N2O3. The number of morpholine rings is 1. The van der Waals surface area contributed by atoms with Crippen LogP contribution in [0.15, 0.2) is 18.2 Å². The van der Waals surface area contributed by atoms with Gasteiger partial charge in [-0.15, -0.1) is 0 Å². The molecule has 0 atom stereocenters. The van der Waals surface area contributed by atoms with E-state index >= 15 is 0 Å². The number of ether oxygens (including phenoxy) is 1. The summed E-state index contributed by atoms with van der Waals surface area (Å²) in [5.74, 6) is 5.05. The van der Waals surface area contributed by atoms with Crippen molar-refractivity contribution < 1.29 is 14.3 Å². The predicted octanol–water partition coefficient (Wildman–Crippen LogP) is 0.449. The third-order valence-electron chi connectivity index (χ3n) is 2.99. The lowest BCUT2D eigenvalue weighted by atomic mass is 10.0. The number of amides is 2. The average molecular weight is 272 g/mol. The molecule has 1 saturated heterocycles. The van der Waals surface area contributed by atoms with E-state index in [4.69, 9.17) is 10.5 Å². The molecular weight excluding hydrogens is 256 g/mol. The molecule has 1 aliphatic rings. The van der Waals surface area contributed by atoms with Gasteiger partial charge < -0.3 is 10.5 Å². The number of rotatable bonds is 2. The molecule has 5 heteroatoms. The first-order chi connectivity index (χ1) is 9.67. The molecule has 1 aliphatic heterocycles. The average Bonchev–Trinajstić information content (AvgIpc) is 2.45. The van der Waals surface area contributed by atoms with E-state index in [1.54, 1.807) is 12.1 Å². The first kappa shape index (κ1) is 14.3. The number of benzene rings is 1. The number of imide groups is 1. The summed E-state index contributed by atoms with van der Waals surface area (Å²) in [6, 6.07) is 5.42. The van der Waals surface area contributed by atoms with E-state index in [0.717, 1.165) is 11.1 Å². The van der Waals surface area contributed by atoms with Crippen LogP contribution in [0.3, 0.4) is 0 Å². The van der Waals surface area contributed by atoms with Gasteiger partial charge in [0.05, 0.1) is 12.2 Å². The molecule has 2 amide bonds. The van der Waals surface area contributed by atoms with Crippen LogP contribution < -0.4 is 10.6 Å². The minimum Gasteiger partial charge on any atom is -0.362 e. The molecule has 5 nitrogen and oxygen atoms in total. The fourth-order valence-corrected chi connectivity index (χ4v) is 2.08. The Labute approximate surface area is 117 Å². The van der Waals surface area contributed by atoms with Gasteiger partial charge >= 0.3 is 0 Å². The van der Waals surface area contributed by atoms with Crippen molar-refractivity contribution in [3.8, 4) is 11.8 Å². The van der Waals surface area contributed by atoms with Gasteiger partial charge in [-0.1, -0.05) is 18.8 Å². The standard InChI is InChI=1S/C15H16N2O3/c1-2-12-8-11(4-3-7-16)5-6-13(12)17-14(18)9-20-10-15(17)19/h5-6,8H,2,7,9-10,16H2,1H3. The van der Waals surface area contributed by atoms with Gasteiger partial charge in [0.1, 0.15) is 13.2 Å². The maximum Gasteiger partial charge on any atom is 0.259 e. The Morgan fingerprint density at radius 3 is 2.60 bits per heavy atom. The highest BCUT2D eigenvalue weighted by atomic mass is 16.5. The summed E-state index contributed by atoms with van der Waals surface area (Å²) in [6.45, 7) is 2.13. The highest BCUT2D eigenvalue weighted by molar-refractivity contribution is 6.17. The lowest BCUT2D eigenvalue weighted by molar-refractivity contribution is -0.138. The Kier molecular flexibility index (Phi) is 4.51. The monoisotopic (exact) mass is 272 g/mol. The van der Waals surface area contributed by atoms with E-state index in [1.165, 1.54) is 4.90 Å². The Bertz CT molecular complexity index is 583. The molecule has 0 saturated carbocycles. The summed E-state index contributed by atoms with van der Waals surface area (Å²) in [4.78, 5) is 24.9. The zero-order valence-corrected chi connectivity index (χ0v) is 11.3. The van der Waals surface area contributed by atoms with Crippen molar-refractivity contribution in [1.29, 1.82) is 0 Å². The van der Waals surface area contributed by atoms with Crippen molar-refractivity contribution in [1.82, 2.24) is 0 Å². The SMILES string of the molecule is CCc1cc(C#CCN)ccc1N1C(=O)COCC1=O. The number of carbonyl (C=O) groups is 2. The highest BCUT2D eigenvalue weighted by Gasteiger charge is 2.29. The van der Waals surface area contributed by atoms with Crippen LogP contribution in [0.4, 0.5) is 5.69 Å². The minimum atomic E-state index is -0.336. The molecule has 0 spiro atoms. The Hall–Kier alpha value is -2.16. The van der Waals surface area contributed by atoms with E-state index in [-0.39, 0.29) is 25.0 Å². The molecule has 20 heavy (non-hydrogen) atoms. The largest absolute Gasteiger partial charge is 0.362 e. The van der Waals surface area contributed by atoms with Crippen molar-refractivity contribution in [3.05, 3.63) is 29.3 Å². The normalized spacial score (nSPS) is 15.0. The summed E-state index contributed by atoms with van der Waals surface area (Å²) < 4.78 is 4.92. The Morgan fingerprint density at radius 1 is 1.30 bits per heavy atom. The van der Waals surface area contributed by atoms with Crippen LogP contribution in [0.1, 0.15) is 18.1 Å². The fraction of sp³-hybridized carbons (Fsp3) is 0.333. The number of nitrogens with zero attached hydrogens (tertiary/aromatic N) is 1. The van der Waals surface area contributed by atoms with Crippen molar-refractivity contribution in [2.24, 2.45) is 5.73 Å². The maximum absolute atomic E-state index is 11.9. The number of aryl methyl sites for hydroxylation is 1. The number of carbonyl (C=O) groups excluding carboxylic acids is 2. The van der Waals surface area contributed by atoms with Crippen molar-refractivity contribution in [3.63, 3.8) is 0 Å². The lowest BCUT2D eigenvalue weighted by Crippen LogP contribution is -2.46. The van der Waals surface area contributed by atoms with Crippen LogP contribution >= 0.6 is 0 Å². The fourth-order valence-electron chi connectivity index (χ4n) is 2.08. The highest BCUT2D eigenvalue weighted by Crippen LogP contribution is 2.24. The lowest BCUT2D eigenvalue weighted by Gasteiger charge is -2.26. The van der Waals surface area contributed by atoms with Crippen LogP contribution in [0.25, 0.3) is 0 Å². The van der Waals surface area contributed by atoms with E-state index < -0.39 is 0 Å². The van der Waals surface area contributed by atoms with Crippen LogP contribution in [0, 0.1) is 11.8 Å². The maximum atomic E-state index is 11.9. The topological polar surface area (TPSA) is 72.6 Å². The number of hydrogen-bond donors (Lipinski definition) is 1. The Balaban J connectivity index is 2.40. The van der Waals surface area contributed by atoms with Crippen LogP contribution in [0.5, 0.6) is 0 Å². The first-order valence-corrected chi connectivity index (χ1v) is 6.42. The van der Waals surface area contributed by atoms with Crippen LogP contribution in [0.2, 0.25) is 0 Å². The van der Waals surface area contributed by atoms with Crippen molar-refractivity contribution in [2.45, 2.75) is 13.3 Å². The van der Waals surface area contributed by atoms with Gasteiger partial charge in [-0.05, 0) is 30.2 Å². The second-order valence-electron chi connectivity index (χ2n) is 4.32. The molecule has 2 rings (SSSR count). The molecule has 0 radical (unpaired) electrons. The second kappa shape index (κ2) is 6.33. The van der Waals surface area contributed by atoms with Crippen LogP contribution in [-0.4, -0.2) is 31.6 Å². The van der Waals surface area contributed by atoms with Crippen molar-refractivity contribution in [2.75, 3.05) is 24.7 Å². The molecule has 1 fully saturated rings. The third-order valence-corrected chi connectivity index (χ3v) is 2.99. The summed E-state index contributed by atoms with van der Waals surface area (Å²) in [7, 11) is 0. The van der Waals surface area contributed by atoms with Crippen molar-refractivity contribution >= 4 is 17.5 Å². The van der Waals surface area contributed by atoms with Gasteiger partial charge in [0.25, 0.3) is 11.8 Å². The molecule has 1 heterocycles. The summed E-state index contributed by atoms with van der Waals surface area (Å²) in [5.41, 5.74) is 7.68. The summed E-state index contributed by atoms with van der Waals surface area (Å²) in [6.07, 6.45) is 0.700. The van der Waals surface area contributed by atoms with Gasteiger partial charge in [-0.25, -0.2) is 4.90 Å². The van der Waals surface area contributed by atoms with Gasteiger partial charge in [0, 0.05) is 5.56 Å². The van der Waals surface area contributed by atoms with Crippen LogP contribution in [-0.2, 0) is 20.7 Å². The molecule has 1 aromatic rings. The minimum absolute atomic E-state index is 0.0658. The second-order valence-corrected chi connectivity index (χ2v) is 4.32. The molecule has 0 aromatic heterocycles. The number of anilines is 1. The number of hydrogen-bond acceptors (Lipinski definition) is 4. The molecule has 0 aliphatic carbocycles. The molecule has 1 aromatic carbocycles. The predicted molar refractivity (Wildman–Crippen MR) is 75.1 cm³/mol. The third kappa shape index (κ3) is 2.87. The van der Waals surface area contributed by atoms with E-state index in [9.17, 15) is 9.59 Å². The van der Waals surface area contributed by atoms with E-state index in [2.05, 4.69) is 11.8 Å². The number of nitrogens with two attached hydrogens (primary N) is 1. The zero-order chi connectivity index (χ0) is 14.5. The van der Waals surface area contributed by atoms with Gasteiger partial charge in [0.2, 0.25) is 0 Å². The van der Waals surface area contributed by atoms with Gasteiger partial charge in [0.15, 0.2) is 0 Å². The van der Waals surface area contributed by atoms with Gasteiger partial charge in [-0.3, -0.25) is 9.59 Å². The Morgan fingerprint density at radius 2 is 2.00 bits per heavy atom. The van der Waals surface area contributed by atoms with Gasteiger partial charge in [-0.2, -0.15) is 0 Å². The quantitative estimate of drug-likeness (QED) is 0.626.